The number of benzene rings is 2. The van der Waals surface area contributed by atoms with Crippen LogP contribution in [0.15, 0.2) is 42.5 Å². The number of halogens is 3. The molecular formula is C11H9BF3KO. The number of aliphatic hydroxyl groups excluding tert-OH is 1. The van der Waals surface area contributed by atoms with Gasteiger partial charge < -0.3 is 18.1 Å². The van der Waals surface area contributed by atoms with Crippen LogP contribution in [-0.2, 0) is 0 Å². The molecule has 2 aromatic carbocycles. The van der Waals surface area contributed by atoms with E-state index in [0.717, 1.165) is 5.39 Å². The Kier molecular flexibility index (Phi) is 5.24. The van der Waals surface area contributed by atoms with Gasteiger partial charge in [0.25, 0.3) is 0 Å². The quantitative estimate of drug-likeness (QED) is 0.772. The molecular weight excluding hydrogens is 255 g/mol. The summed E-state index contributed by atoms with van der Waals surface area (Å²) < 4.78 is 37.0. The second-order valence-corrected chi connectivity index (χ2v) is 3.68. The fourth-order valence-electron chi connectivity index (χ4n) is 1.61. The second kappa shape index (κ2) is 5.86. The van der Waals surface area contributed by atoms with Crippen molar-refractivity contribution >= 4 is 17.7 Å². The monoisotopic (exact) mass is 264 g/mol. The molecule has 1 atom stereocenters. The summed E-state index contributed by atoms with van der Waals surface area (Å²) in [4.78, 5) is 0. The molecule has 0 heterocycles. The van der Waals surface area contributed by atoms with E-state index in [4.69, 9.17) is 5.11 Å². The van der Waals surface area contributed by atoms with Gasteiger partial charge in [-0.2, -0.15) is 0 Å². The summed E-state index contributed by atoms with van der Waals surface area (Å²) in [5.41, 5.74) is -0.105. The van der Waals surface area contributed by atoms with Crippen LogP contribution >= 0.6 is 0 Å². The van der Waals surface area contributed by atoms with E-state index in [1.807, 2.05) is 12.1 Å². The maximum Gasteiger partial charge on any atom is 1.00 e. The standard InChI is InChI=1S/C11H9BF3O.K/c13-12(14,15)11(16)10-6-5-8-3-1-2-4-9(8)7-10;/h1-7,11,16H;/q-1;+1. The van der Waals surface area contributed by atoms with Crippen molar-refractivity contribution in [3.63, 3.8) is 0 Å². The first-order chi connectivity index (χ1) is 7.48. The predicted molar refractivity (Wildman–Crippen MR) is 58.0 cm³/mol. The Morgan fingerprint density at radius 2 is 1.53 bits per heavy atom. The van der Waals surface area contributed by atoms with Crippen LogP contribution in [0.4, 0.5) is 12.9 Å². The Balaban J connectivity index is 0.00000144. The zero-order valence-corrected chi connectivity index (χ0v) is 12.4. The molecule has 0 aliphatic carbocycles. The van der Waals surface area contributed by atoms with Crippen molar-refractivity contribution in [3.8, 4) is 0 Å². The van der Waals surface area contributed by atoms with Gasteiger partial charge in [-0.3, -0.25) is 0 Å². The van der Waals surface area contributed by atoms with Crippen LogP contribution in [-0.4, -0.2) is 12.1 Å². The molecule has 0 saturated heterocycles. The number of hydrogen-bond donors (Lipinski definition) is 1. The molecule has 2 rings (SSSR count). The van der Waals surface area contributed by atoms with E-state index in [2.05, 4.69) is 0 Å². The number of aliphatic hydroxyl groups is 1. The zero-order chi connectivity index (χ0) is 11.8. The van der Waals surface area contributed by atoms with E-state index in [0.29, 0.717) is 5.39 Å². The van der Waals surface area contributed by atoms with Crippen molar-refractivity contribution < 1.29 is 69.4 Å². The van der Waals surface area contributed by atoms with Gasteiger partial charge in [-0.15, -0.1) is 0 Å². The average Bonchev–Trinajstić information content (AvgIpc) is 2.26. The molecule has 0 aliphatic heterocycles. The third kappa shape index (κ3) is 3.56. The summed E-state index contributed by atoms with van der Waals surface area (Å²) in [6.07, 6.45) is 0. The third-order valence-electron chi connectivity index (χ3n) is 2.47. The van der Waals surface area contributed by atoms with Gasteiger partial charge in [-0.1, -0.05) is 42.5 Å². The molecule has 1 N–H and O–H groups in total. The maximum absolute atomic E-state index is 12.3. The molecule has 0 bridgehead atoms. The molecule has 1 unspecified atom stereocenters. The number of fused-ring (bicyclic) bond motifs is 1. The van der Waals surface area contributed by atoms with Gasteiger partial charge in [0.2, 0.25) is 0 Å². The Labute approximate surface area is 139 Å². The van der Waals surface area contributed by atoms with Crippen LogP contribution in [0, 0.1) is 0 Å². The first kappa shape index (κ1) is 15.2. The van der Waals surface area contributed by atoms with E-state index < -0.39 is 13.0 Å². The van der Waals surface area contributed by atoms with Crippen LogP contribution in [0.3, 0.4) is 0 Å². The summed E-state index contributed by atoms with van der Waals surface area (Å²) in [5, 5.41) is 10.7. The fourth-order valence-corrected chi connectivity index (χ4v) is 1.61. The SMILES string of the molecule is OC(c1ccc2ccccc2c1)[B-](F)(F)F.[K+]. The smallest absolute Gasteiger partial charge is 0.447 e. The predicted octanol–water partition coefficient (Wildman–Crippen LogP) is 0.264. The Morgan fingerprint density at radius 3 is 2.12 bits per heavy atom. The van der Waals surface area contributed by atoms with Crippen molar-refractivity contribution in [2.24, 2.45) is 0 Å². The molecule has 84 valence electrons. The first-order valence-electron chi connectivity index (χ1n) is 4.85. The largest absolute Gasteiger partial charge is 1.00 e. The van der Waals surface area contributed by atoms with Gasteiger partial charge in [0.15, 0.2) is 0 Å². The van der Waals surface area contributed by atoms with E-state index in [1.54, 1.807) is 18.2 Å². The summed E-state index contributed by atoms with van der Waals surface area (Å²) in [7, 11) is 0. The van der Waals surface area contributed by atoms with Crippen molar-refractivity contribution in [1.29, 1.82) is 0 Å². The fraction of sp³-hybridized carbons (Fsp3) is 0.0909. The third-order valence-corrected chi connectivity index (χ3v) is 2.47. The zero-order valence-electron chi connectivity index (χ0n) is 9.28. The minimum atomic E-state index is -5.26. The maximum atomic E-state index is 12.3. The Bertz CT molecular complexity index is 515. The van der Waals surface area contributed by atoms with Crippen molar-refractivity contribution in [3.05, 3.63) is 48.0 Å². The van der Waals surface area contributed by atoms with Crippen molar-refractivity contribution in [1.82, 2.24) is 0 Å². The summed E-state index contributed by atoms with van der Waals surface area (Å²) >= 11 is 0. The van der Waals surface area contributed by atoms with E-state index >= 15 is 0 Å². The molecule has 1 nitrogen and oxygen atoms in total. The van der Waals surface area contributed by atoms with Gasteiger partial charge >= 0.3 is 58.4 Å². The van der Waals surface area contributed by atoms with Crippen LogP contribution in [0.2, 0.25) is 0 Å². The van der Waals surface area contributed by atoms with Crippen molar-refractivity contribution in [2.75, 3.05) is 0 Å². The topological polar surface area (TPSA) is 20.2 Å². The van der Waals surface area contributed by atoms with Crippen molar-refractivity contribution in [2.45, 2.75) is 6.00 Å². The summed E-state index contributed by atoms with van der Waals surface area (Å²) in [6.45, 7) is -5.26. The average molecular weight is 264 g/mol. The number of hydrogen-bond acceptors (Lipinski definition) is 1. The molecule has 0 aromatic heterocycles. The van der Waals surface area contributed by atoms with Gasteiger partial charge in [0, 0.05) is 0 Å². The van der Waals surface area contributed by atoms with Crippen LogP contribution < -0.4 is 51.4 Å². The van der Waals surface area contributed by atoms with Gasteiger partial charge in [0.05, 0.1) is 6.00 Å². The van der Waals surface area contributed by atoms with E-state index in [1.165, 1.54) is 12.1 Å². The Hall–Kier alpha value is 0.151. The summed E-state index contributed by atoms with van der Waals surface area (Å²) in [5.74, 6) is 0. The summed E-state index contributed by atoms with van der Waals surface area (Å²) in [6, 6.07) is 8.99. The van der Waals surface area contributed by atoms with Crippen LogP contribution in [0.1, 0.15) is 11.6 Å². The second-order valence-electron chi connectivity index (χ2n) is 3.68. The molecule has 17 heavy (non-hydrogen) atoms. The molecule has 6 heteroatoms. The Morgan fingerprint density at radius 1 is 0.941 bits per heavy atom. The molecule has 0 radical (unpaired) electrons. The minimum Gasteiger partial charge on any atom is -0.447 e. The van der Waals surface area contributed by atoms with Gasteiger partial charge in [-0.25, -0.2) is 0 Å². The van der Waals surface area contributed by atoms with E-state index in [-0.39, 0.29) is 56.9 Å². The van der Waals surface area contributed by atoms with Gasteiger partial charge in [-0.05, 0) is 16.3 Å². The minimum absolute atomic E-state index is 0. The molecule has 0 spiro atoms. The molecule has 2 aromatic rings. The number of rotatable bonds is 2. The first-order valence-corrected chi connectivity index (χ1v) is 4.85. The molecule has 0 saturated carbocycles. The normalized spacial score (nSPS) is 13.2. The molecule has 0 fully saturated rings. The van der Waals surface area contributed by atoms with Crippen LogP contribution in [0.5, 0.6) is 0 Å². The van der Waals surface area contributed by atoms with Gasteiger partial charge in [0.1, 0.15) is 0 Å². The molecule has 0 aliphatic rings. The van der Waals surface area contributed by atoms with Crippen LogP contribution in [0.25, 0.3) is 10.8 Å². The van der Waals surface area contributed by atoms with E-state index in [9.17, 15) is 12.9 Å². The molecule has 0 amide bonds.